The Kier molecular flexibility index (Phi) is 4.33. The van der Waals surface area contributed by atoms with Crippen molar-refractivity contribution in [2.75, 3.05) is 47.1 Å². The summed E-state index contributed by atoms with van der Waals surface area (Å²) < 4.78 is 10.7. The summed E-state index contributed by atoms with van der Waals surface area (Å²) in [4.78, 5) is 4.59. The van der Waals surface area contributed by atoms with Crippen LogP contribution in [0, 0.1) is 5.92 Å². The first-order valence-electron chi connectivity index (χ1n) is 7.56. The number of benzene rings is 1. The fourth-order valence-electron chi connectivity index (χ4n) is 3.21. The van der Waals surface area contributed by atoms with E-state index in [2.05, 4.69) is 23.9 Å². The smallest absolute Gasteiger partial charge is 0.231 e. The third-order valence-corrected chi connectivity index (χ3v) is 4.32. The average molecular weight is 292 g/mol. The molecule has 1 N–H and O–H groups in total. The topological polar surface area (TPSA) is 45.2 Å². The lowest BCUT2D eigenvalue weighted by Crippen LogP contribution is -2.31. The highest BCUT2D eigenvalue weighted by Gasteiger charge is 2.22. The molecule has 1 aromatic carbocycles. The van der Waals surface area contributed by atoms with Crippen LogP contribution in [-0.2, 0) is 0 Å². The number of hydrogen-bond acceptors (Lipinski definition) is 5. The van der Waals surface area contributed by atoms with E-state index in [0.717, 1.165) is 30.2 Å². The SMILES string of the molecule is CN1CCC(CN(C)CC(O)c2ccc3c(c2)OCO3)C1. The van der Waals surface area contributed by atoms with E-state index in [4.69, 9.17) is 9.47 Å². The van der Waals surface area contributed by atoms with Gasteiger partial charge in [-0.2, -0.15) is 0 Å². The normalized spacial score (nSPS) is 23.0. The van der Waals surface area contributed by atoms with Crippen LogP contribution in [0.5, 0.6) is 11.5 Å². The van der Waals surface area contributed by atoms with E-state index >= 15 is 0 Å². The van der Waals surface area contributed by atoms with Gasteiger partial charge in [-0.15, -0.1) is 0 Å². The highest BCUT2D eigenvalue weighted by atomic mass is 16.7. The third-order valence-electron chi connectivity index (χ3n) is 4.32. The molecule has 0 amide bonds. The van der Waals surface area contributed by atoms with Gasteiger partial charge in [0, 0.05) is 19.6 Å². The molecular weight excluding hydrogens is 268 g/mol. The molecule has 2 atom stereocenters. The number of ether oxygens (including phenoxy) is 2. The fraction of sp³-hybridized carbons (Fsp3) is 0.625. The first kappa shape index (κ1) is 14.6. The molecule has 2 unspecified atom stereocenters. The molecule has 5 nitrogen and oxygen atoms in total. The maximum atomic E-state index is 10.4. The van der Waals surface area contributed by atoms with E-state index in [1.54, 1.807) is 0 Å². The first-order valence-corrected chi connectivity index (χ1v) is 7.56. The van der Waals surface area contributed by atoms with Gasteiger partial charge in [-0.1, -0.05) is 6.07 Å². The van der Waals surface area contributed by atoms with Crippen LogP contribution in [0.4, 0.5) is 0 Å². The summed E-state index contributed by atoms with van der Waals surface area (Å²) in [5.74, 6) is 2.20. The van der Waals surface area contributed by atoms with Crippen molar-refractivity contribution in [2.24, 2.45) is 5.92 Å². The monoisotopic (exact) mass is 292 g/mol. The molecule has 0 aliphatic carbocycles. The summed E-state index contributed by atoms with van der Waals surface area (Å²) >= 11 is 0. The quantitative estimate of drug-likeness (QED) is 0.887. The zero-order chi connectivity index (χ0) is 14.8. The van der Waals surface area contributed by atoms with E-state index in [1.807, 2.05) is 18.2 Å². The van der Waals surface area contributed by atoms with Crippen LogP contribution >= 0.6 is 0 Å². The van der Waals surface area contributed by atoms with Gasteiger partial charge in [0.1, 0.15) is 0 Å². The summed E-state index contributed by atoms with van der Waals surface area (Å²) in [6.07, 6.45) is 0.754. The predicted molar refractivity (Wildman–Crippen MR) is 80.6 cm³/mol. The number of nitrogens with zero attached hydrogens (tertiary/aromatic N) is 2. The zero-order valence-electron chi connectivity index (χ0n) is 12.8. The van der Waals surface area contributed by atoms with Crippen molar-refractivity contribution in [3.05, 3.63) is 23.8 Å². The lowest BCUT2D eigenvalue weighted by molar-refractivity contribution is 0.118. The molecule has 1 aromatic rings. The lowest BCUT2D eigenvalue weighted by atomic mass is 10.1. The number of aliphatic hydroxyl groups excluding tert-OH is 1. The fourth-order valence-corrected chi connectivity index (χ4v) is 3.21. The largest absolute Gasteiger partial charge is 0.454 e. The zero-order valence-corrected chi connectivity index (χ0v) is 12.8. The predicted octanol–water partition coefficient (Wildman–Crippen LogP) is 1.33. The lowest BCUT2D eigenvalue weighted by Gasteiger charge is -2.24. The van der Waals surface area contributed by atoms with E-state index < -0.39 is 6.10 Å². The summed E-state index contributed by atoms with van der Waals surface area (Å²) in [5, 5.41) is 10.4. The molecule has 1 saturated heterocycles. The highest BCUT2D eigenvalue weighted by molar-refractivity contribution is 5.45. The Hall–Kier alpha value is -1.30. The minimum atomic E-state index is -0.497. The molecule has 3 rings (SSSR count). The molecule has 2 heterocycles. The van der Waals surface area contributed by atoms with Gasteiger partial charge in [-0.05, 0) is 50.7 Å². The van der Waals surface area contributed by atoms with Gasteiger partial charge in [-0.3, -0.25) is 0 Å². The molecule has 2 aliphatic rings. The summed E-state index contributed by atoms with van der Waals surface area (Å²) in [7, 11) is 4.25. The molecule has 5 heteroatoms. The van der Waals surface area contributed by atoms with Gasteiger partial charge in [-0.25, -0.2) is 0 Å². The second-order valence-electron chi connectivity index (χ2n) is 6.27. The standard InChI is InChI=1S/C16H24N2O3/c1-17-6-5-12(8-17)9-18(2)10-14(19)13-3-4-15-16(7-13)21-11-20-15/h3-4,7,12,14,19H,5-6,8-11H2,1-2H3. The second kappa shape index (κ2) is 6.22. The number of fused-ring (bicyclic) bond motifs is 1. The van der Waals surface area contributed by atoms with Crippen LogP contribution in [0.15, 0.2) is 18.2 Å². The van der Waals surface area contributed by atoms with Crippen molar-refractivity contribution in [3.8, 4) is 11.5 Å². The maximum Gasteiger partial charge on any atom is 0.231 e. The number of rotatable bonds is 5. The van der Waals surface area contributed by atoms with E-state index in [9.17, 15) is 5.11 Å². The minimum absolute atomic E-state index is 0.268. The Bertz CT molecular complexity index is 494. The Balaban J connectivity index is 1.54. The number of aliphatic hydroxyl groups is 1. The Labute approximate surface area is 126 Å². The van der Waals surface area contributed by atoms with Crippen molar-refractivity contribution in [1.29, 1.82) is 0 Å². The molecule has 0 aromatic heterocycles. The molecule has 21 heavy (non-hydrogen) atoms. The first-order chi connectivity index (χ1) is 10.1. The average Bonchev–Trinajstić information content (AvgIpc) is 3.06. The third kappa shape index (κ3) is 3.48. The molecule has 2 aliphatic heterocycles. The van der Waals surface area contributed by atoms with Crippen LogP contribution < -0.4 is 9.47 Å². The second-order valence-corrected chi connectivity index (χ2v) is 6.27. The molecule has 116 valence electrons. The summed E-state index contributed by atoms with van der Waals surface area (Å²) in [6, 6.07) is 5.66. The Morgan fingerprint density at radius 1 is 1.38 bits per heavy atom. The summed E-state index contributed by atoms with van der Waals surface area (Å²) in [6.45, 7) is 4.28. The Morgan fingerprint density at radius 2 is 2.19 bits per heavy atom. The van der Waals surface area contributed by atoms with Gasteiger partial charge in [0.15, 0.2) is 11.5 Å². The minimum Gasteiger partial charge on any atom is -0.454 e. The molecule has 0 spiro atoms. The number of likely N-dealkylation sites (tertiary alicyclic amines) is 1. The van der Waals surface area contributed by atoms with Crippen molar-refractivity contribution in [1.82, 2.24) is 9.80 Å². The van der Waals surface area contributed by atoms with Crippen molar-refractivity contribution >= 4 is 0 Å². The van der Waals surface area contributed by atoms with Gasteiger partial charge in [0.2, 0.25) is 6.79 Å². The summed E-state index contributed by atoms with van der Waals surface area (Å²) in [5.41, 5.74) is 0.884. The molecule has 1 fully saturated rings. The van der Waals surface area contributed by atoms with Crippen LogP contribution in [-0.4, -0.2) is 62.0 Å². The van der Waals surface area contributed by atoms with Crippen LogP contribution in [0.3, 0.4) is 0 Å². The van der Waals surface area contributed by atoms with Crippen LogP contribution in [0.1, 0.15) is 18.1 Å². The van der Waals surface area contributed by atoms with Gasteiger partial charge in [0.05, 0.1) is 6.10 Å². The highest BCUT2D eigenvalue weighted by Crippen LogP contribution is 2.34. The molecule has 0 bridgehead atoms. The van der Waals surface area contributed by atoms with E-state index in [-0.39, 0.29) is 6.79 Å². The van der Waals surface area contributed by atoms with Gasteiger partial charge in [0.25, 0.3) is 0 Å². The van der Waals surface area contributed by atoms with Gasteiger partial charge >= 0.3 is 0 Å². The van der Waals surface area contributed by atoms with Crippen LogP contribution in [0.25, 0.3) is 0 Å². The molecule has 0 radical (unpaired) electrons. The van der Waals surface area contributed by atoms with E-state index in [0.29, 0.717) is 12.5 Å². The maximum absolute atomic E-state index is 10.4. The van der Waals surface area contributed by atoms with Crippen LogP contribution in [0.2, 0.25) is 0 Å². The Morgan fingerprint density at radius 3 is 2.95 bits per heavy atom. The van der Waals surface area contributed by atoms with Gasteiger partial charge < -0.3 is 24.4 Å². The molecule has 0 saturated carbocycles. The van der Waals surface area contributed by atoms with E-state index in [1.165, 1.54) is 13.0 Å². The number of hydrogen-bond donors (Lipinski definition) is 1. The van der Waals surface area contributed by atoms with Crippen molar-refractivity contribution in [3.63, 3.8) is 0 Å². The van der Waals surface area contributed by atoms with Crippen molar-refractivity contribution in [2.45, 2.75) is 12.5 Å². The number of likely N-dealkylation sites (N-methyl/N-ethyl adjacent to an activating group) is 1. The van der Waals surface area contributed by atoms with Crippen molar-refractivity contribution < 1.29 is 14.6 Å². The molecular formula is C16H24N2O3.